The second-order valence-corrected chi connectivity index (χ2v) is 10.1. The Labute approximate surface area is 210 Å². The number of para-hydroxylation sites is 1. The lowest BCUT2D eigenvalue weighted by molar-refractivity contribution is -0.149. The van der Waals surface area contributed by atoms with Gasteiger partial charge in [-0.3, -0.25) is 14.1 Å². The van der Waals surface area contributed by atoms with Crippen LogP contribution in [0, 0.1) is 0 Å². The van der Waals surface area contributed by atoms with Gasteiger partial charge in [-0.05, 0) is 39.8 Å². The van der Waals surface area contributed by atoms with E-state index in [1.54, 1.807) is 19.9 Å². The number of carbonyl (C=O) groups excluding carboxylic acids is 1. The predicted octanol–water partition coefficient (Wildman–Crippen LogP) is 0.679. The minimum atomic E-state index is -4.82. The first kappa shape index (κ1) is 23.6. The molecule has 36 heavy (non-hydrogen) atoms. The Bertz CT molecular complexity index is 1350. The standard InChI is InChI=1S/C22H30N3O10P/c1-13(2)33-19(28)14(3)24-36(31,35-15-8-6-5-7-9-15)32-12-16-18(27)22(4,30)20(34-16)25-17(26)10-11-23-21(25)29/h5-11,13-14,16,18,20,27,30H,12H2,1-4H3,(H,23,29)(H,24,31)/t14-,16+,18+,20+,22+,36?/m0/s1/i10D,12D2. The summed E-state index contributed by atoms with van der Waals surface area (Å²) in [7, 11) is -4.82. The van der Waals surface area contributed by atoms with Gasteiger partial charge in [-0.25, -0.2) is 13.9 Å². The molecule has 1 fully saturated rings. The summed E-state index contributed by atoms with van der Waals surface area (Å²) in [6.45, 7) is 2.20. The summed E-state index contributed by atoms with van der Waals surface area (Å²) in [5.41, 5.74) is -4.75. The van der Waals surface area contributed by atoms with Crippen LogP contribution in [0.3, 0.4) is 0 Å². The summed E-state index contributed by atoms with van der Waals surface area (Å²) < 4.78 is 59.8. The SMILES string of the molecule is [2H]c1c[nH]c(=O)n([C@@H]2O[C@H](C([2H])([2H])OP(=O)(N[C@@H](C)C(=O)OC(C)C)Oc3ccccc3)[C@@H](O)[C@@]2(C)O)c1=O. The van der Waals surface area contributed by atoms with Gasteiger partial charge in [-0.1, -0.05) is 18.2 Å². The van der Waals surface area contributed by atoms with E-state index < -0.39 is 73.7 Å². The molecule has 14 heteroatoms. The summed E-state index contributed by atoms with van der Waals surface area (Å²) in [4.78, 5) is 39.2. The Morgan fingerprint density at radius 3 is 2.67 bits per heavy atom. The van der Waals surface area contributed by atoms with Crippen LogP contribution in [-0.2, 0) is 23.4 Å². The number of hydrogen-bond donors (Lipinski definition) is 4. The van der Waals surface area contributed by atoms with E-state index >= 15 is 0 Å². The van der Waals surface area contributed by atoms with Crippen molar-refractivity contribution >= 4 is 13.7 Å². The van der Waals surface area contributed by atoms with Gasteiger partial charge in [0.2, 0.25) is 0 Å². The molecule has 13 nitrogen and oxygen atoms in total. The normalized spacial score (nSPS) is 28.0. The van der Waals surface area contributed by atoms with E-state index in [1.165, 1.54) is 31.2 Å². The molecule has 1 saturated heterocycles. The number of esters is 1. The first-order valence-electron chi connectivity index (χ1n) is 12.4. The summed E-state index contributed by atoms with van der Waals surface area (Å²) in [5, 5.41) is 24.0. The van der Waals surface area contributed by atoms with Crippen molar-refractivity contribution in [2.45, 2.75) is 63.9 Å². The zero-order valence-corrected chi connectivity index (χ0v) is 20.8. The van der Waals surface area contributed by atoms with Crippen LogP contribution in [0.1, 0.15) is 38.0 Å². The second-order valence-electron chi connectivity index (χ2n) is 8.44. The van der Waals surface area contributed by atoms with Crippen LogP contribution >= 0.6 is 7.75 Å². The van der Waals surface area contributed by atoms with Gasteiger partial charge < -0.3 is 29.2 Å². The van der Waals surface area contributed by atoms with Crippen LogP contribution in [0.5, 0.6) is 5.75 Å². The maximum Gasteiger partial charge on any atom is 0.459 e. The molecule has 3 rings (SSSR count). The van der Waals surface area contributed by atoms with Crippen LogP contribution in [0.2, 0.25) is 0 Å². The van der Waals surface area contributed by atoms with E-state index in [-0.39, 0.29) is 5.75 Å². The van der Waals surface area contributed by atoms with Gasteiger partial charge in [0, 0.05) is 12.2 Å². The molecule has 1 aliphatic rings. The fraction of sp³-hybridized carbons (Fsp3) is 0.500. The Morgan fingerprint density at radius 1 is 1.36 bits per heavy atom. The first-order chi connectivity index (χ1) is 18.0. The molecule has 4 N–H and O–H groups in total. The number of aliphatic hydroxyl groups is 2. The lowest BCUT2D eigenvalue weighted by atomic mass is 9.96. The number of aliphatic hydroxyl groups excluding tert-OH is 1. The fourth-order valence-electron chi connectivity index (χ4n) is 3.26. The monoisotopic (exact) mass is 530 g/mol. The van der Waals surface area contributed by atoms with Crippen molar-refractivity contribution in [2.24, 2.45) is 0 Å². The Kier molecular flexibility index (Phi) is 7.26. The molecule has 0 bridgehead atoms. The molecule has 0 spiro atoms. The Hall–Kier alpha value is -2.80. The molecule has 0 amide bonds. The first-order valence-corrected chi connectivity index (χ1v) is 12.4. The number of rotatable bonds is 10. The molecule has 6 atom stereocenters. The average molecular weight is 530 g/mol. The van der Waals surface area contributed by atoms with Gasteiger partial charge in [0.15, 0.2) is 6.23 Å². The highest BCUT2D eigenvalue weighted by Gasteiger charge is 2.54. The third-order valence-electron chi connectivity index (χ3n) is 5.04. The fourth-order valence-corrected chi connectivity index (χ4v) is 4.62. The highest BCUT2D eigenvalue weighted by Crippen LogP contribution is 2.46. The number of carbonyl (C=O) groups is 1. The quantitative estimate of drug-likeness (QED) is 0.251. The van der Waals surface area contributed by atoms with Crippen molar-refractivity contribution in [3.05, 3.63) is 63.4 Å². The molecule has 1 aromatic carbocycles. The van der Waals surface area contributed by atoms with Crippen molar-refractivity contribution in [3.63, 3.8) is 0 Å². The van der Waals surface area contributed by atoms with Crippen molar-refractivity contribution in [3.8, 4) is 5.75 Å². The Balaban J connectivity index is 1.96. The van der Waals surface area contributed by atoms with Crippen LogP contribution in [0.25, 0.3) is 0 Å². The molecule has 2 heterocycles. The molecular weight excluding hydrogens is 497 g/mol. The molecule has 1 aromatic heterocycles. The summed E-state index contributed by atoms with van der Waals surface area (Å²) in [6.07, 6.45) is -5.97. The lowest BCUT2D eigenvalue weighted by Crippen LogP contribution is -2.49. The van der Waals surface area contributed by atoms with Crippen LogP contribution in [0.15, 0.2) is 52.2 Å². The third-order valence-corrected chi connectivity index (χ3v) is 6.54. The van der Waals surface area contributed by atoms with Gasteiger partial charge in [-0.15, -0.1) is 0 Å². The smallest absolute Gasteiger partial charge is 0.459 e. The molecule has 0 aliphatic carbocycles. The third kappa shape index (κ3) is 6.30. The van der Waals surface area contributed by atoms with Crippen molar-refractivity contribution in [1.82, 2.24) is 14.6 Å². The van der Waals surface area contributed by atoms with Crippen molar-refractivity contribution in [2.75, 3.05) is 6.56 Å². The van der Waals surface area contributed by atoms with Gasteiger partial charge in [0.25, 0.3) is 5.56 Å². The number of benzene rings is 1. The van der Waals surface area contributed by atoms with Crippen molar-refractivity contribution in [1.29, 1.82) is 0 Å². The van der Waals surface area contributed by atoms with Gasteiger partial charge in [-0.2, -0.15) is 5.09 Å². The number of aromatic amines is 1. The summed E-state index contributed by atoms with van der Waals surface area (Å²) >= 11 is 0. The van der Waals surface area contributed by atoms with E-state index in [9.17, 15) is 29.2 Å². The van der Waals surface area contributed by atoms with Crippen LogP contribution in [0.4, 0.5) is 0 Å². The second kappa shape index (κ2) is 11.1. The molecule has 0 saturated carbocycles. The van der Waals surface area contributed by atoms with Crippen LogP contribution < -0.4 is 20.9 Å². The van der Waals surface area contributed by atoms with Crippen LogP contribution in [-0.4, -0.2) is 62.2 Å². The molecular formula is C22H30N3O10P. The number of ether oxygens (including phenoxy) is 2. The minimum Gasteiger partial charge on any atom is -0.462 e. The maximum atomic E-state index is 13.8. The Morgan fingerprint density at radius 2 is 2.03 bits per heavy atom. The minimum absolute atomic E-state index is 0.0309. The van der Waals surface area contributed by atoms with Gasteiger partial charge >= 0.3 is 19.4 Å². The van der Waals surface area contributed by atoms with E-state index in [0.717, 1.165) is 13.1 Å². The van der Waals surface area contributed by atoms with Crippen molar-refractivity contribution < 1.29 is 42.2 Å². The van der Waals surface area contributed by atoms with E-state index in [4.69, 9.17) is 22.6 Å². The largest absolute Gasteiger partial charge is 0.462 e. The molecule has 0 radical (unpaired) electrons. The number of hydrogen-bond acceptors (Lipinski definition) is 10. The average Bonchev–Trinajstić information content (AvgIpc) is 3.06. The zero-order valence-electron chi connectivity index (χ0n) is 22.9. The number of nitrogens with one attached hydrogen (secondary N) is 2. The summed E-state index contributed by atoms with van der Waals surface area (Å²) in [5.74, 6) is -0.878. The topological polar surface area (TPSA) is 178 Å². The van der Waals surface area contributed by atoms with E-state index in [1.807, 2.05) is 0 Å². The molecule has 198 valence electrons. The summed E-state index contributed by atoms with van der Waals surface area (Å²) in [6, 6.07) is 5.49. The van der Waals surface area contributed by atoms with E-state index in [2.05, 4.69) is 10.1 Å². The maximum absolute atomic E-state index is 13.8. The van der Waals surface area contributed by atoms with E-state index in [0.29, 0.717) is 4.57 Å². The zero-order chi connectivity index (χ0) is 29.3. The molecule has 1 aliphatic heterocycles. The van der Waals surface area contributed by atoms with Gasteiger partial charge in [0.05, 0.1) is 16.8 Å². The highest BCUT2D eigenvalue weighted by molar-refractivity contribution is 7.52. The lowest BCUT2D eigenvalue weighted by Gasteiger charge is -2.27. The highest BCUT2D eigenvalue weighted by atomic mass is 31.2. The van der Waals surface area contributed by atoms with Gasteiger partial charge in [0.1, 0.15) is 29.6 Å². The predicted molar refractivity (Wildman–Crippen MR) is 126 cm³/mol. The molecule has 1 unspecified atom stereocenters. The molecule has 2 aromatic rings. The number of aromatic nitrogens is 2. The number of H-pyrrole nitrogens is 1. The number of nitrogens with zero attached hydrogens (tertiary/aromatic N) is 1.